The van der Waals surface area contributed by atoms with E-state index in [1.165, 1.54) is 31.4 Å². The zero-order valence-corrected chi connectivity index (χ0v) is 12.5. The van der Waals surface area contributed by atoms with Gasteiger partial charge >= 0.3 is 0 Å². The van der Waals surface area contributed by atoms with Crippen LogP contribution in [-0.2, 0) is 13.0 Å². The molecule has 0 saturated heterocycles. The first kappa shape index (κ1) is 14.0. The molecule has 1 fully saturated rings. The molecule has 2 heterocycles. The topological polar surface area (TPSA) is 68.5 Å². The standard InChI is InChI=1S/C15H22N6/c1-2-21-11-18-20-14(21)8-10-17-15-16-9-7-13(19-15)12-5-3-4-6-12/h7,9,11-12H,2-6,8,10H2,1H3,(H,16,17,19). The van der Waals surface area contributed by atoms with Gasteiger partial charge in [0, 0.05) is 37.3 Å². The Bertz CT molecular complexity index is 573. The Morgan fingerprint density at radius 2 is 2.19 bits per heavy atom. The Balaban J connectivity index is 1.56. The predicted octanol–water partition coefficient (Wildman–Crippen LogP) is 2.40. The van der Waals surface area contributed by atoms with E-state index in [-0.39, 0.29) is 0 Å². The molecule has 0 radical (unpaired) electrons. The zero-order chi connectivity index (χ0) is 14.5. The average Bonchev–Trinajstić information content (AvgIpc) is 3.19. The average molecular weight is 286 g/mol. The molecule has 6 nitrogen and oxygen atoms in total. The van der Waals surface area contributed by atoms with Gasteiger partial charge in [0.25, 0.3) is 0 Å². The third-order valence-corrected chi connectivity index (χ3v) is 4.12. The Morgan fingerprint density at radius 1 is 1.33 bits per heavy atom. The van der Waals surface area contributed by atoms with Gasteiger partial charge in [-0.15, -0.1) is 10.2 Å². The van der Waals surface area contributed by atoms with E-state index < -0.39 is 0 Å². The highest BCUT2D eigenvalue weighted by Crippen LogP contribution is 2.32. The van der Waals surface area contributed by atoms with Gasteiger partial charge in [-0.1, -0.05) is 12.8 Å². The molecule has 2 aromatic rings. The Kier molecular flexibility index (Phi) is 4.43. The van der Waals surface area contributed by atoms with Crippen molar-refractivity contribution in [2.75, 3.05) is 11.9 Å². The molecule has 0 amide bonds. The van der Waals surface area contributed by atoms with Crippen molar-refractivity contribution in [3.05, 3.63) is 30.1 Å². The molecule has 3 rings (SSSR count). The number of anilines is 1. The van der Waals surface area contributed by atoms with Gasteiger partial charge in [-0.2, -0.15) is 0 Å². The van der Waals surface area contributed by atoms with Gasteiger partial charge in [0.15, 0.2) is 0 Å². The van der Waals surface area contributed by atoms with Crippen LogP contribution in [0.4, 0.5) is 5.95 Å². The summed E-state index contributed by atoms with van der Waals surface area (Å²) in [5, 5.41) is 11.4. The molecule has 0 atom stereocenters. The summed E-state index contributed by atoms with van der Waals surface area (Å²) in [6.45, 7) is 3.76. The van der Waals surface area contributed by atoms with Crippen molar-refractivity contribution in [2.24, 2.45) is 0 Å². The van der Waals surface area contributed by atoms with Crippen LogP contribution in [0, 0.1) is 0 Å². The lowest BCUT2D eigenvalue weighted by atomic mass is 10.0. The lowest BCUT2D eigenvalue weighted by Crippen LogP contribution is -2.12. The van der Waals surface area contributed by atoms with Crippen LogP contribution in [0.1, 0.15) is 50.0 Å². The second-order valence-electron chi connectivity index (χ2n) is 5.50. The van der Waals surface area contributed by atoms with Gasteiger partial charge in [0.1, 0.15) is 12.2 Å². The molecule has 0 spiro atoms. The summed E-state index contributed by atoms with van der Waals surface area (Å²) in [5.41, 5.74) is 1.18. The summed E-state index contributed by atoms with van der Waals surface area (Å²) in [5.74, 6) is 2.34. The molecule has 21 heavy (non-hydrogen) atoms. The van der Waals surface area contributed by atoms with Crippen LogP contribution in [-0.4, -0.2) is 31.3 Å². The van der Waals surface area contributed by atoms with Crippen molar-refractivity contribution < 1.29 is 0 Å². The van der Waals surface area contributed by atoms with E-state index in [9.17, 15) is 0 Å². The van der Waals surface area contributed by atoms with Gasteiger partial charge in [0.05, 0.1) is 0 Å². The maximum absolute atomic E-state index is 4.65. The summed E-state index contributed by atoms with van der Waals surface area (Å²) >= 11 is 0. The molecule has 1 aliphatic rings. The fourth-order valence-corrected chi connectivity index (χ4v) is 2.93. The summed E-state index contributed by atoms with van der Waals surface area (Å²) in [6, 6.07) is 2.05. The maximum Gasteiger partial charge on any atom is 0.222 e. The lowest BCUT2D eigenvalue weighted by molar-refractivity contribution is 0.689. The third-order valence-electron chi connectivity index (χ3n) is 4.12. The highest BCUT2D eigenvalue weighted by atomic mass is 15.3. The number of nitrogens with zero attached hydrogens (tertiary/aromatic N) is 5. The number of rotatable bonds is 6. The molecular formula is C15H22N6. The van der Waals surface area contributed by atoms with Crippen LogP contribution < -0.4 is 5.32 Å². The van der Waals surface area contributed by atoms with E-state index in [0.717, 1.165) is 31.3 Å². The molecule has 1 aliphatic carbocycles. The molecule has 0 bridgehead atoms. The Hall–Kier alpha value is -1.98. The molecule has 0 unspecified atom stereocenters. The Labute approximate surface area is 125 Å². The van der Waals surface area contributed by atoms with Gasteiger partial charge in [-0.25, -0.2) is 9.97 Å². The van der Waals surface area contributed by atoms with Gasteiger partial charge in [-0.05, 0) is 25.8 Å². The van der Waals surface area contributed by atoms with Crippen molar-refractivity contribution in [3.63, 3.8) is 0 Å². The first-order chi connectivity index (χ1) is 10.4. The van der Waals surface area contributed by atoms with Crippen molar-refractivity contribution in [1.82, 2.24) is 24.7 Å². The zero-order valence-electron chi connectivity index (χ0n) is 12.5. The minimum absolute atomic E-state index is 0.622. The normalized spacial score (nSPS) is 15.5. The van der Waals surface area contributed by atoms with Crippen LogP contribution in [0.2, 0.25) is 0 Å². The van der Waals surface area contributed by atoms with Gasteiger partial charge in [0.2, 0.25) is 5.95 Å². The van der Waals surface area contributed by atoms with Crippen LogP contribution in [0.15, 0.2) is 18.6 Å². The van der Waals surface area contributed by atoms with Gasteiger partial charge in [-0.3, -0.25) is 0 Å². The fourth-order valence-electron chi connectivity index (χ4n) is 2.93. The number of aromatic nitrogens is 5. The SMILES string of the molecule is CCn1cnnc1CCNc1nccc(C2CCCC2)n1. The van der Waals surface area contributed by atoms with Crippen molar-refractivity contribution >= 4 is 5.95 Å². The van der Waals surface area contributed by atoms with E-state index in [1.54, 1.807) is 6.33 Å². The minimum atomic E-state index is 0.622. The Morgan fingerprint density at radius 3 is 3.00 bits per heavy atom. The van der Waals surface area contributed by atoms with Crippen LogP contribution in [0.3, 0.4) is 0 Å². The third kappa shape index (κ3) is 3.37. The first-order valence-electron chi connectivity index (χ1n) is 7.80. The minimum Gasteiger partial charge on any atom is -0.354 e. The quantitative estimate of drug-likeness (QED) is 0.883. The fraction of sp³-hybridized carbons (Fsp3) is 0.600. The smallest absolute Gasteiger partial charge is 0.222 e. The van der Waals surface area contributed by atoms with Crippen LogP contribution >= 0.6 is 0 Å². The van der Waals surface area contributed by atoms with Crippen LogP contribution in [0.25, 0.3) is 0 Å². The molecule has 112 valence electrons. The second-order valence-corrected chi connectivity index (χ2v) is 5.50. The molecule has 1 saturated carbocycles. The molecule has 2 aromatic heterocycles. The van der Waals surface area contributed by atoms with E-state index in [4.69, 9.17) is 0 Å². The second kappa shape index (κ2) is 6.65. The first-order valence-corrected chi connectivity index (χ1v) is 7.80. The maximum atomic E-state index is 4.65. The number of aryl methyl sites for hydroxylation is 1. The molecule has 1 N–H and O–H groups in total. The molecular weight excluding hydrogens is 264 g/mol. The van der Waals surface area contributed by atoms with E-state index >= 15 is 0 Å². The summed E-state index contributed by atoms with van der Waals surface area (Å²) in [7, 11) is 0. The molecule has 0 aromatic carbocycles. The van der Waals surface area contributed by atoms with Gasteiger partial charge < -0.3 is 9.88 Å². The van der Waals surface area contributed by atoms with Crippen molar-refractivity contribution in [2.45, 2.75) is 51.5 Å². The monoisotopic (exact) mass is 286 g/mol. The summed E-state index contributed by atoms with van der Waals surface area (Å²) in [4.78, 5) is 8.96. The summed E-state index contributed by atoms with van der Waals surface area (Å²) in [6.07, 6.45) is 9.62. The van der Waals surface area contributed by atoms with Crippen molar-refractivity contribution in [3.8, 4) is 0 Å². The summed E-state index contributed by atoms with van der Waals surface area (Å²) < 4.78 is 2.05. The van der Waals surface area contributed by atoms with E-state index in [2.05, 4.69) is 43.0 Å². The number of hydrogen-bond acceptors (Lipinski definition) is 5. The lowest BCUT2D eigenvalue weighted by Gasteiger charge is -2.10. The highest BCUT2D eigenvalue weighted by Gasteiger charge is 2.18. The van der Waals surface area contributed by atoms with Crippen LogP contribution in [0.5, 0.6) is 0 Å². The highest BCUT2D eigenvalue weighted by molar-refractivity contribution is 5.26. The number of nitrogens with one attached hydrogen (secondary N) is 1. The largest absolute Gasteiger partial charge is 0.354 e. The molecule has 6 heteroatoms. The number of hydrogen-bond donors (Lipinski definition) is 1. The van der Waals surface area contributed by atoms with E-state index in [0.29, 0.717) is 5.92 Å². The predicted molar refractivity (Wildman–Crippen MR) is 81.1 cm³/mol. The van der Waals surface area contributed by atoms with E-state index in [1.807, 2.05) is 6.20 Å². The van der Waals surface area contributed by atoms with Crippen molar-refractivity contribution in [1.29, 1.82) is 0 Å². The molecule has 0 aliphatic heterocycles.